The van der Waals surface area contributed by atoms with Gasteiger partial charge in [-0.05, 0) is 24.6 Å². The second-order valence-electron chi connectivity index (χ2n) is 5.77. The van der Waals surface area contributed by atoms with E-state index in [4.69, 9.17) is 4.74 Å². The van der Waals surface area contributed by atoms with Crippen molar-refractivity contribution >= 4 is 11.8 Å². The van der Waals surface area contributed by atoms with Crippen molar-refractivity contribution in [3.05, 3.63) is 80.2 Å². The number of phenols is 1. The summed E-state index contributed by atoms with van der Waals surface area (Å²) in [6.45, 7) is 5.19. The molecule has 2 aromatic rings. The van der Waals surface area contributed by atoms with Gasteiger partial charge in [0.15, 0.2) is 0 Å². The number of hydrogen-bond donors (Lipinski definition) is 4. The number of esters is 1. The third-order valence-electron chi connectivity index (χ3n) is 4.05. The number of phenolic OH excluding ortho intramolecular Hbond substituents is 1. The molecule has 1 atom stereocenters. The van der Waals surface area contributed by atoms with Crippen molar-refractivity contribution in [3.8, 4) is 5.75 Å². The van der Waals surface area contributed by atoms with Gasteiger partial charge in [-0.25, -0.2) is 9.59 Å². The third-order valence-corrected chi connectivity index (χ3v) is 4.05. The summed E-state index contributed by atoms with van der Waals surface area (Å²) in [5.74, 6) is -1.11. The van der Waals surface area contributed by atoms with Crippen LogP contribution < -0.4 is 16.6 Å². The monoisotopic (exact) mass is 355 g/mol. The van der Waals surface area contributed by atoms with Gasteiger partial charge in [0.2, 0.25) is 0 Å². The van der Waals surface area contributed by atoms with Crippen molar-refractivity contribution in [2.24, 2.45) is 0 Å². The molecule has 1 aliphatic heterocycles. The summed E-state index contributed by atoms with van der Waals surface area (Å²) in [5.41, 5.74) is 0.194. The molecular weight excluding hydrogens is 338 g/mol. The maximum Gasteiger partial charge on any atom is 0.337 e. The number of rotatable bonds is 4. The summed E-state index contributed by atoms with van der Waals surface area (Å²) in [5, 5.41) is 12.4. The Hall–Kier alpha value is -3.55. The summed E-state index contributed by atoms with van der Waals surface area (Å²) in [6.07, 6.45) is 1.44. The molecule has 134 valence electrons. The van der Waals surface area contributed by atoms with E-state index >= 15 is 0 Å². The summed E-state index contributed by atoms with van der Waals surface area (Å²) >= 11 is 0. The number of H-pyrrole nitrogens is 2. The number of hydrogen-bond acceptors (Lipinski definition) is 6. The van der Waals surface area contributed by atoms with E-state index < -0.39 is 23.1 Å². The molecule has 0 saturated heterocycles. The van der Waals surface area contributed by atoms with Crippen LogP contribution in [0.2, 0.25) is 0 Å². The average Bonchev–Trinajstić information content (AvgIpc) is 2.59. The average molecular weight is 355 g/mol. The normalized spacial score (nSPS) is 15.8. The first-order valence-electron chi connectivity index (χ1n) is 7.83. The van der Waals surface area contributed by atoms with Gasteiger partial charge in [0, 0.05) is 5.70 Å². The Morgan fingerprint density at radius 2 is 1.96 bits per heavy atom. The lowest BCUT2D eigenvalue weighted by Crippen LogP contribution is -2.35. The van der Waals surface area contributed by atoms with Gasteiger partial charge in [-0.1, -0.05) is 24.8 Å². The number of ether oxygens (including phenoxy) is 1. The Balaban J connectivity index is 2.23. The Morgan fingerprint density at radius 1 is 1.27 bits per heavy atom. The van der Waals surface area contributed by atoms with Gasteiger partial charge in [0.1, 0.15) is 18.2 Å². The molecule has 0 fully saturated rings. The molecule has 26 heavy (non-hydrogen) atoms. The SMILES string of the molecule is C=CCOC(=O)C1=C(C)Nc2[nH]c(=O)[nH]c(=O)c2[C@@H]1c1ccc(O)cc1. The first kappa shape index (κ1) is 17.3. The summed E-state index contributed by atoms with van der Waals surface area (Å²) < 4.78 is 5.17. The van der Waals surface area contributed by atoms with Gasteiger partial charge in [-0.2, -0.15) is 0 Å². The number of aromatic nitrogens is 2. The maximum absolute atomic E-state index is 12.6. The fourth-order valence-corrected chi connectivity index (χ4v) is 2.97. The van der Waals surface area contributed by atoms with Crippen molar-refractivity contribution in [1.29, 1.82) is 0 Å². The van der Waals surface area contributed by atoms with Crippen LogP contribution in [0.4, 0.5) is 5.82 Å². The summed E-state index contributed by atoms with van der Waals surface area (Å²) in [7, 11) is 0. The number of aromatic hydroxyl groups is 1. The van der Waals surface area contributed by atoms with E-state index in [0.29, 0.717) is 11.3 Å². The van der Waals surface area contributed by atoms with Gasteiger partial charge in [-0.15, -0.1) is 0 Å². The van der Waals surface area contributed by atoms with Gasteiger partial charge < -0.3 is 15.2 Å². The third kappa shape index (κ3) is 3.04. The van der Waals surface area contributed by atoms with Crippen LogP contribution in [0.15, 0.2) is 57.8 Å². The maximum atomic E-state index is 12.6. The van der Waals surface area contributed by atoms with Gasteiger partial charge in [0.05, 0.1) is 17.1 Å². The zero-order valence-electron chi connectivity index (χ0n) is 14.0. The highest BCUT2D eigenvalue weighted by molar-refractivity contribution is 5.94. The highest BCUT2D eigenvalue weighted by Gasteiger charge is 2.35. The number of allylic oxidation sites excluding steroid dienone is 1. The lowest BCUT2D eigenvalue weighted by atomic mass is 9.82. The minimum absolute atomic E-state index is 0.0206. The number of nitrogens with one attached hydrogen (secondary N) is 3. The van der Waals surface area contributed by atoms with Crippen LogP contribution in [0, 0.1) is 0 Å². The molecular formula is C18H17N3O5. The quantitative estimate of drug-likeness (QED) is 0.484. The van der Waals surface area contributed by atoms with Gasteiger partial charge in [0.25, 0.3) is 5.56 Å². The van der Waals surface area contributed by atoms with E-state index in [1.54, 1.807) is 19.1 Å². The molecule has 0 aliphatic carbocycles. The van der Waals surface area contributed by atoms with Crippen molar-refractivity contribution in [3.63, 3.8) is 0 Å². The minimum Gasteiger partial charge on any atom is -0.508 e. The lowest BCUT2D eigenvalue weighted by Gasteiger charge is -2.28. The fourth-order valence-electron chi connectivity index (χ4n) is 2.97. The Kier molecular flexibility index (Phi) is 4.49. The van der Waals surface area contributed by atoms with Crippen LogP contribution in [0.5, 0.6) is 5.75 Å². The molecule has 4 N–H and O–H groups in total. The Bertz CT molecular complexity index is 1010. The number of benzene rings is 1. The topological polar surface area (TPSA) is 124 Å². The lowest BCUT2D eigenvalue weighted by molar-refractivity contribution is -0.138. The first-order chi connectivity index (χ1) is 12.4. The standard InChI is InChI=1S/C18H17N3O5/c1-3-8-26-17(24)12-9(2)19-15-14(16(23)21-18(25)20-15)13(12)10-4-6-11(22)7-5-10/h3-7,13,22H,1,8H2,2H3,(H3,19,20,21,23,25)/t13-/m1/s1. The summed E-state index contributed by atoms with van der Waals surface area (Å²) in [4.78, 5) is 41.4. The van der Waals surface area contributed by atoms with Crippen LogP contribution in [0.25, 0.3) is 0 Å². The van der Waals surface area contributed by atoms with E-state index in [2.05, 4.69) is 21.9 Å². The molecule has 1 aromatic heterocycles. The van der Waals surface area contributed by atoms with E-state index in [9.17, 15) is 19.5 Å². The smallest absolute Gasteiger partial charge is 0.337 e. The van der Waals surface area contributed by atoms with Crippen LogP contribution in [-0.4, -0.2) is 27.7 Å². The molecule has 0 unspecified atom stereocenters. The molecule has 1 aliphatic rings. The second kappa shape index (κ2) is 6.75. The largest absolute Gasteiger partial charge is 0.508 e. The van der Waals surface area contributed by atoms with Crippen LogP contribution in [0.1, 0.15) is 24.0 Å². The van der Waals surface area contributed by atoms with Gasteiger partial charge >= 0.3 is 11.7 Å². The Morgan fingerprint density at radius 3 is 2.62 bits per heavy atom. The molecule has 0 spiro atoms. The summed E-state index contributed by atoms with van der Waals surface area (Å²) in [6, 6.07) is 6.12. The molecule has 1 aromatic carbocycles. The van der Waals surface area contributed by atoms with Crippen LogP contribution in [0.3, 0.4) is 0 Å². The van der Waals surface area contributed by atoms with E-state index in [-0.39, 0.29) is 29.3 Å². The fraction of sp³-hybridized carbons (Fsp3) is 0.167. The highest BCUT2D eigenvalue weighted by atomic mass is 16.5. The zero-order chi connectivity index (χ0) is 18.8. The number of aromatic amines is 2. The van der Waals surface area contributed by atoms with E-state index in [1.165, 1.54) is 18.2 Å². The van der Waals surface area contributed by atoms with Crippen molar-refractivity contribution in [1.82, 2.24) is 9.97 Å². The van der Waals surface area contributed by atoms with Crippen molar-refractivity contribution in [2.45, 2.75) is 12.8 Å². The van der Waals surface area contributed by atoms with Crippen molar-refractivity contribution < 1.29 is 14.6 Å². The Labute approximate surface area is 147 Å². The minimum atomic E-state index is -0.773. The zero-order valence-corrected chi connectivity index (χ0v) is 14.0. The van der Waals surface area contributed by atoms with E-state index in [0.717, 1.165) is 0 Å². The molecule has 0 bridgehead atoms. The molecule has 0 amide bonds. The highest BCUT2D eigenvalue weighted by Crippen LogP contribution is 2.39. The number of anilines is 1. The predicted octanol–water partition coefficient (Wildman–Crippen LogP) is 1.33. The first-order valence-corrected chi connectivity index (χ1v) is 7.83. The molecule has 8 heteroatoms. The number of carbonyl (C=O) groups excluding carboxylic acids is 1. The van der Waals surface area contributed by atoms with Gasteiger partial charge in [-0.3, -0.25) is 14.8 Å². The molecule has 3 rings (SSSR count). The van der Waals surface area contributed by atoms with Crippen LogP contribution >= 0.6 is 0 Å². The molecule has 0 radical (unpaired) electrons. The predicted molar refractivity (Wildman–Crippen MR) is 95.1 cm³/mol. The van der Waals surface area contributed by atoms with E-state index in [1.807, 2.05) is 0 Å². The number of carbonyl (C=O) groups is 1. The molecule has 2 heterocycles. The number of fused-ring (bicyclic) bond motifs is 1. The van der Waals surface area contributed by atoms with Crippen LogP contribution in [-0.2, 0) is 9.53 Å². The molecule has 8 nitrogen and oxygen atoms in total. The second-order valence-corrected chi connectivity index (χ2v) is 5.77. The molecule has 0 saturated carbocycles. The van der Waals surface area contributed by atoms with Crippen molar-refractivity contribution in [2.75, 3.05) is 11.9 Å².